The first-order chi connectivity index (χ1) is 19.4. The molecular weight excluding hydrogens is 530 g/mol. The number of hydrogen-bond acceptors (Lipinski definition) is 8. The molecule has 2 amide bonds. The van der Waals surface area contributed by atoms with Crippen LogP contribution < -0.4 is 21.1 Å². The lowest BCUT2D eigenvalue weighted by Gasteiger charge is -2.27. The SMILES string of the molecule is CO[C@@H](CC/C=C/C(=O)Nc1ccccc1N)[C@@H](OC(=O)Nc1ccc(SC)cc1)c1ccccc1OCCO. The van der Waals surface area contributed by atoms with Crippen molar-refractivity contribution in [3.8, 4) is 5.75 Å². The standard InChI is InChI=1S/C30H35N3O6S/c1-37-27(13-7-8-14-28(35)33-25-11-5-4-10-24(25)31)29(23-9-3-6-12-26(23)38-20-19-34)39-30(36)32-21-15-17-22(40-2)18-16-21/h3-6,8-12,14-18,27,29,34H,7,13,19-20,31H2,1-2H3,(H,32,36)(H,33,35)/b14-8+/t27-,29-/m0/s1. The lowest BCUT2D eigenvalue weighted by atomic mass is 9.99. The number of aliphatic hydroxyl groups is 1. The lowest BCUT2D eigenvalue weighted by Crippen LogP contribution is -2.28. The zero-order valence-electron chi connectivity index (χ0n) is 22.5. The summed E-state index contributed by atoms with van der Waals surface area (Å²) in [7, 11) is 1.53. The Hall–Kier alpha value is -3.99. The molecule has 0 heterocycles. The average Bonchev–Trinajstić information content (AvgIpc) is 2.97. The first-order valence-electron chi connectivity index (χ1n) is 12.7. The maximum absolute atomic E-state index is 13.0. The summed E-state index contributed by atoms with van der Waals surface area (Å²) >= 11 is 1.60. The van der Waals surface area contributed by atoms with Crippen LogP contribution in [0.25, 0.3) is 0 Å². The summed E-state index contributed by atoms with van der Waals surface area (Å²) in [6.07, 6.45) is 3.96. The lowest BCUT2D eigenvalue weighted by molar-refractivity contribution is -0.111. The number of benzene rings is 3. The number of nitrogen functional groups attached to an aromatic ring is 1. The molecule has 3 rings (SSSR count). The predicted molar refractivity (Wildman–Crippen MR) is 159 cm³/mol. The topological polar surface area (TPSA) is 132 Å². The van der Waals surface area contributed by atoms with Crippen LogP contribution in [0.2, 0.25) is 0 Å². The van der Waals surface area contributed by atoms with Crippen LogP contribution in [0.15, 0.2) is 89.8 Å². The van der Waals surface area contributed by atoms with Crippen molar-refractivity contribution in [2.75, 3.05) is 42.9 Å². The van der Waals surface area contributed by atoms with E-state index < -0.39 is 18.3 Å². The van der Waals surface area contributed by atoms with E-state index in [1.807, 2.05) is 24.5 Å². The number of carbonyl (C=O) groups is 2. The van der Waals surface area contributed by atoms with E-state index in [0.717, 1.165) is 4.90 Å². The van der Waals surface area contributed by atoms with Gasteiger partial charge < -0.3 is 30.4 Å². The summed E-state index contributed by atoms with van der Waals surface area (Å²) in [6.45, 7) is -0.0826. The molecule has 0 aliphatic carbocycles. The molecule has 0 aromatic heterocycles. The van der Waals surface area contributed by atoms with E-state index in [1.54, 1.807) is 72.4 Å². The van der Waals surface area contributed by atoms with Gasteiger partial charge in [0, 0.05) is 23.3 Å². The Kier molecular flexibility index (Phi) is 12.4. The zero-order valence-corrected chi connectivity index (χ0v) is 23.4. The first-order valence-corrected chi connectivity index (χ1v) is 14.0. The highest BCUT2D eigenvalue weighted by molar-refractivity contribution is 7.98. The molecule has 0 saturated carbocycles. The fraction of sp³-hybridized carbons (Fsp3) is 0.267. The number of rotatable bonds is 14. The largest absolute Gasteiger partial charge is 0.491 e. The van der Waals surface area contributed by atoms with Crippen LogP contribution >= 0.6 is 11.8 Å². The number of anilines is 3. The Morgan fingerprint density at radius 2 is 1.75 bits per heavy atom. The van der Waals surface area contributed by atoms with Gasteiger partial charge in [0.2, 0.25) is 5.91 Å². The molecule has 3 aromatic carbocycles. The van der Waals surface area contributed by atoms with Gasteiger partial charge in [0.1, 0.15) is 12.4 Å². The van der Waals surface area contributed by atoms with Crippen LogP contribution in [0.4, 0.5) is 21.9 Å². The van der Waals surface area contributed by atoms with E-state index in [-0.39, 0.29) is 19.1 Å². The van der Waals surface area contributed by atoms with Gasteiger partial charge in [-0.3, -0.25) is 10.1 Å². The molecule has 2 atom stereocenters. The van der Waals surface area contributed by atoms with Crippen molar-refractivity contribution < 1.29 is 28.9 Å². The number of nitrogens with one attached hydrogen (secondary N) is 2. The normalized spacial score (nSPS) is 12.5. The molecule has 0 spiro atoms. The summed E-state index contributed by atoms with van der Waals surface area (Å²) in [5, 5.41) is 14.8. The maximum Gasteiger partial charge on any atom is 0.412 e. The first kappa shape index (κ1) is 30.6. The van der Waals surface area contributed by atoms with Gasteiger partial charge >= 0.3 is 6.09 Å². The smallest absolute Gasteiger partial charge is 0.412 e. The fourth-order valence-electron chi connectivity index (χ4n) is 3.91. The summed E-state index contributed by atoms with van der Waals surface area (Å²) in [4.78, 5) is 26.4. The minimum atomic E-state index is -0.836. The van der Waals surface area contributed by atoms with E-state index >= 15 is 0 Å². The van der Waals surface area contributed by atoms with Crippen molar-refractivity contribution in [1.82, 2.24) is 0 Å². The molecule has 0 aliphatic rings. The summed E-state index contributed by atoms with van der Waals surface area (Å²) < 4.78 is 17.4. The van der Waals surface area contributed by atoms with Crippen molar-refractivity contribution in [1.29, 1.82) is 0 Å². The Morgan fingerprint density at radius 1 is 1.02 bits per heavy atom. The van der Waals surface area contributed by atoms with Crippen molar-refractivity contribution in [3.05, 3.63) is 90.5 Å². The van der Waals surface area contributed by atoms with Crippen molar-refractivity contribution in [2.45, 2.75) is 29.9 Å². The second-order valence-electron chi connectivity index (χ2n) is 8.62. The van der Waals surface area contributed by atoms with Crippen LogP contribution in [0, 0.1) is 0 Å². The Labute approximate surface area is 238 Å². The molecule has 0 saturated heterocycles. The zero-order chi connectivity index (χ0) is 28.7. The van der Waals surface area contributed by atoms with Gasteiger partial charge in [0.15, 0.2) is 6.10 Å². The highest BCUT2D eigenvalue weighted by Gasteiger charge is 2.29. The highest BCUT2D eigenvalue weighted by atomic mass is 32.2. The third kappa shape index (κ3) is 9.33. The van der Waals surface area contributed by atoms with E-state index in [9.17, 15) is 14.7 Å². The van der Waals surface area contributed by atoms with Crippen molar-refractivity contribution in [2.24, 2.45) is 0 Å². The summed E-state index contributed by atoms with van der Waals surface area (Å²) in [5.41, 5.74) is 8.08. The highest BCUT2D eigenvalue weighted by Crippen LogP contribution is 2.34. The minimum absolute atomic E-state index is 0.0825. The Balaban J connectivity index is 1.73. The fourth-order valence-corrected chi connectivity index (χ4v) is 4.32. The molecule has 10 heteroatoms. The maximum atomic E-state index is 13.0. The predicted octanol–water partition coefficient (Wildman–Crippen LogP) is 5.64. The van der Waals surface area contributed by atoms with Gasteiger partial charge in [-0.05, 0) is 67.6 Å². The van der Waals surface area contributed by atoms with E-state index in [4.69, 9.17) is 19.9 Å². The van der Waals surface area contributed by atoms with Gasteiger partial charge in [0.05, 0.1) is 24.1 Å². The van der Waals surface area contributed by atoms with Gasteiger partial charge in [-0.15, -0.1) is 11.8 Å². The van der Waals surface area contributed by atoms with Crippen LogP contribution in [0.3, 0.4) is 0 Å². The molecule has 40 heavy (non-hydrogen) atoms. The number of allylic oxidation sites excluding steroid dienone is 1. The molecule has 0 aliphatic heterocycles. The molecule has 0 fully saturated rings. The molecule has 3 aromatic rings. The number of ether oxygens (including phenoxy) is 3. The second kappa shape index (κ2) is 16.2. The molecular formula is C30H35N3O6S. The third-order valence-electron chi connectivity index (χ3n) is 5.89. The van der Waals surface area contributed by atoms with Crippen LogP contribution in [-0.4, -0.2) is 49.8 Å². The number of thioether (sulfide) groups is 1. The molecule has 0 radical (unpaired) electrons. The van der Waals surface area contributed by atoms with Crippen LogP contribution in [0.5, 0.6) is 5.75 Å². The van der Waals surface area contributed by atoms with Crippen molar-refractivity contribution >= 4 is 40.8 Å². The van der Waals surface area contributed by atoms with E-state index in [0.29, 0.717) is 41.2 Å². The molecule has 9 nitrogen and oxygen atoms in total. The number of aliphatic hydroxyl groups excluding tert-OH is 1. The van der Waals surface area contributed by atoms with Gasteiger partial charge in [-0.25, -0.2) is 4.79 Å². The number of carbonyl (C=O) groups excluding carboxylic acids is 2. The quantitative estimate of drug-likeness (QED) is 0.112. The molecule has 5 N–H and O–H groups in total. The summed E-state index contributed by atoms with van der Waals surface area (Å²) in [5.74, 6) is 0.158. The van der Waals surface area contributed by atoms with E-state index in [1.165, 1.54) is 13.2 Å². The van der Waals surface area contributed by atoms with Crippen LogP contribution in [0.1, 0.15) is 24.5 Å². The molecule has 212 valence electrons. The second-order valence-corrected chi connectivity index (χ2v) is 9.50. The van der Waals surface area contributed by atoms with Crippen LogP contribution in [-0.2, 0) is 14.3 Å². The van der Waals surface area contributed by atoms with Gasteiger partial charge in [-0.2, -0.15) is 0 Å². The Bertz CT molecular complexity index is 1270. The minimum Gasteiger partial charge on any atom is -0.491 e. The van der Waals surface area contributed by atoms with Gasteiger partial charge in [-0.1, -0.05) is 36.4 Å². The average molecular weight is 566 g/mol. The molecule has 0 unspecified atom stereocenters. The van der Waals surface area contributed by atoms with E-state index in [2.05, 4.69) is 10.6 Å². The number of nitrogens with two attached hydrogens (primary N) is 1. The third-order valence-corrected chi connectivity index (χ3v) is 6.63. The number of para-hydroxylation sites is 3. The summed E-state index contributed by atoms with van der Waals surface area (Å²) in [6, 6.07) is 21.6. The van der Waals surface area contributed by atoms with Gasteiger partial charge in [0.25, 0.3) is 0 Å². The number of methoxy groups -OCH3 is 1. The van der Waals surface area contributed by atoms with Crippen molar-refractivity contribution in [3.63, 3.8) is 0 Å². The number of amides is 2. The monoisotopic (exact) mass is 565 g/mol. The Morgan fingerprint density at radius 3 is 2.45 bits per heavy atom. The number of hydrogen-bond donors (Lipinski definition) is 4. The molecule has 0 bridgehead atoms.